The van der Waals surface area contributed by atoms with Crippen molar-refractivity contribution in [1.29, 1.82) is 0 Å². The van der Waals surface area contributed by atoms with Gasteiger partial charge in [0, 0.05) is 18.5 Å². The summed E-state index contributed by atoms with van der Waals surface area (Å²) in [5.74, 6) is 0.635. The zero-order valence-electron chi connectivity index (χ0n) is 13.1. The van der Waals surface area contributed by atoms with Gasteiger partial charge in [-0.3, -0.25) is 0 Å². The van der Waals surface area contributed by atoms with Gasteiger partial charge in [-0.2, -0.15) is 0 Å². The van der Waals surface area contributed by atoms with E-state index in [9.17, 15) is 8.42 Å². The second-order valence-electron chi connectivity index (χ2n) is 5.77. The van der Waals surface area contributed by atoms with Crippen molar-refractivity contribution in [3.63, 3.8) is 0 Å². The van der Waals surface area contributed by atoms with E-state index in [0.717, 1.165) is 17.8 Å². The molecular formula is C18H23NO2S. The molecule has 0 amide bonds. The second-order valence-corrected chi connectivity index (χ2v) is 8.03. The maximum atomic E-state index is 11.2. The number of aryl methyl sites for hydroxylation is 1. The predicted octanol–water partition coefficient (Wildman–Crippen LogP) is 3.49. The van der Waals surface area contributed by atoms with Crippen molar-refractivity contribution >= 4 is 15.5 Å². The molecule has 2 aromatic rings. The Kier molecular flexibility index (Phi) is 5.61. The van der Waals surface area contributed by atoms with Gasteiger partial charge in [0.15, 0.2) is 0 Å². The standard InChI is InChI=1S/C18H23NO2S/c1-15(17-6-4-3-5-7-17)14-19-18-10-8-16(9-11-18)12-13-22(2,20)21/h3-11,15,19H,12-14H2,1-2H3/t15-/m1/s1. The molecule has 3 nitrogen and oxygen atoms in total. The van der Waals surface area contributed by atoms with Gasteiger partial charge in [0.25, 0.3) is 0 Å². The minimum Gasteiger partial charge on any atom is -0.384 e. The number of sulfone groups is 1. The molecule has 0 radical (unpaired) electrons. The molecule has 0 aliphatic rings. The SMILES string of the molecule is C[C@H](CNc1ccc(CCS(C)(=O)=O)cc1)c1ccccc1. The fraction of sp³-hybridized carbons (Fsp3) is 0.333. The Balaban J connectivity index is 1.86. The van der Waals surface area contributed by atoms with E-state index in [1.807, 2.05) is 30.3 Å². The molecule has 0 aliphatic carbocycles. The molecule has 0 unspecified atom stereocenters. The number of benzene rings is 2. The highest BCUT2D eigenvalue weighted by atomic mass is 32.2. The zero-order valence-corrected chi connectivity index (χ0v) is 13.9. The van der Waals surface area contributed by atoms with Gasteiger partial charge >= 0.3 is 0 Å². The monoisotopic (exact) mass is 317 g/mol. The van der Waals surface area contributed by atoms with Crippen LogP contribution < -0.4 is 5.32 Å². The molecule has 118 valence electrons. The summed E-state index contributed by atoms with van der Waals surface area (Å²) in [4.78, 5) is 0. The van der Waals surface area contributed by atoms with Gasteiger partial charge in [-0.25, -0.2) is 8.42 Å². The number of hydrogen-bond donors (Lipinski definition) is 1. The first-order chi connectivity index (χ1) is 10.4. The maximum Gasteiger partial charge on any atom is 0.147 e. The minimum atomic E-state index is -2.90. The molecule has 0 saturated heterocycles. The van der Waals surface area contributed by atoms with Crippen molar-refractivity contribution in [2.75, 3.05) is 23.9 Å². The van der Waals surface area contributed by atoms with Gasteiger partial charge in [0.05, 0.1) is 5.75 Å². The normalized spacial score (nSPS) is 12.8. The number of nitrogens with one attached hydrogen (secondary N) is 1. The number of anilines is 1. The van der Waals surface area contributed by atoms with Gasteiger partial charge in [-0.05, 0) is 35.6 Å². The molecule has 0 saturated carbocycles. The topological polar surface area (TPSA) is 46.2 Å². The maximum absolute atomic E-state index is 11.2. The lowest BCUT2D eigenvalue weighted by molar-refractivity contribution is 0.601. The summed E-state index contributed by atoms with van der Waals surface area (Å²) in [6.45, 7) is 3.06. The first-order valence-electron chi connectivity index (χ1n) is 7.49. The summed E-state index contributed by atoms with van der Waals surface area (Å²) in [5, 5.41) is 3.42. The molecule has 0 spiro atoms. The quantitative estimate of drug-likeness (QED) is 0.850. The summed E-state index contributed by atoms with van der Waals surface area (Å²) in [6, 6.07) is 18.4. The first kappa shape index (κ1) is 16.6. The van der Waals surface area contributed by atoms with Crippen LogP contribution in [-0.2, 0) is 16.3 Å². The lowest BCUT2D eigenvalue weighted by Gasteiger charge is -2.14. The average Bonchev–Trinajstić information content (AvgIpc) is 2.52. The molecule has 2 rings (SSSR count). The third-order valence-electron chi connectivity index (χ3n) is 3.70. The first-order valence-corrected chi connectivity index (χ1v) is 9.55. The van der Waals surface area contributed by atoms with Crippen LogP contribution in [0.5, 0.6) is 0 Å². The lowest BCUT2D eigenvalue weighted by atomic mass is 10.0. The Hall–Kier alpha value is -1.81. The highest BCUT2D eigenvalue weighted by molar-refractivity contribution is 7.90. The highest BCUT2D eigenvalue weighted by Gasteiger charge is 2.05. The molecule has 4 heteroatoms. The van der Waals surface area contributed by atoms with E-state index in [4.69, 9.17) is 0 Å². The van der Waals surface area contributed by atoms with Crippen LogP contribution in [0, 0.1) is 0 Å². The summed E-state index contributed by atoms with van der Waals surface area (Å²) in [7, 11) is -2.90. The summed E-state index contributed by atoms with van der Waals surface area (Å²) < 4.78 is 22.3. The Morgan fingerprint density at radius 3 is 2.23 bits per heavy atom. The summed E-state index contributed by atoms with van der Waals surface area (Å²) >= 11 is 0. The molecule has 0 bridgehead atoms. The van der Waals surface area contributed by atoms with E-state index >= 15 is 0 Å². The highest BCUT2D eigenvalue weighted by Crippen LogP contribution is 2.17. The van der Waals surface area contributed by atoms with Gasteiger partial charge in [-0.15, -0.1) is 0 Å². The Morgan fingerprint density at radius 1 is 1.00 bits per heavy atom. The largest absolute Gasteiger partial charge is 0.384 e. The van der Waals surface area contributed by atoms with Crippen LogP contribution in [0.25, 0.3) is 0 Å². The molecule has 1 atom stereocenters. The van der Waals surface area contributed by atoms with Crippen LogP contribution >= 0.6 is 0 Å². The van der Waals surface area contributed by atoms with Crippen LogP contribution in [0.1, 0.15) is 24.0 Å². The molecule has 0 fully saturated rings. The van der Waals surface area contributed by atoms with Crippen LogP contribution in [0.4, 0.5) is 5.69 Å². The molecule has 0 aliphatic heterocycles. The van der Waals surface area contributed by atoms with E-state index < -0.39 is 9.84 Å². The van der Waals surface area contributed by atoms with Gasteiger partial charge < -0.3 is 5.32 Å². The Labute approximate surface area is 133 Å². The molecule has 22 heavy (non-hydrogen) atoms. The third kappa shape index (κ3) is 5.53. The van der Waals surface area contributed by atoms with Crippen molar-refractivity contribution in [3.8, 4) is 0 Å². The molecule has 2 aromatic carbocycles. The van der Waals surface area contributed by atoms with Crippen molar-refractivity contribution in [2.24, 2.45) is 0 Å². The Bertz CT molecular complexity index is 679. The Morgan fingerprint density at radius 2 is 1.64 bits per heavy atom. The molecule has 0 aromatic heterocycles. The zero-order chi connectivity index (χ0) is 16.0. The summed E-state index contributed by atoms with van der Waals surface area (Å²) in [5.41, 5.74) is 3.43. The number of rotatable bonds is 7. The van der Waals surface area contributed by atoms with Gasteiger partial charge in [0.2, 0.25) is 0 Å². The third-order valence-corrected chi connectivity index (χ3v) is 4.64. The van der Waals surface area contributed by atoms with Crippen molar-refractivity contribution in [3.05, 3.63) is 65.7 Å². The van der Waals surface area contributed by atoms with E-state index in [0.29, 0.717) is 12.3 Å². The molecule has 1 N–H and O–H groups in total. The van der Waals surface area contributed by atoms with Gasteiger partial charge in [0.1, 0.15) is 9.84 Å². The van der Waals surface area contributed by atoms with E-state index in [1.54, 1.807) is 0 Å². The fourth-order valence-corrected chi connectivity index (χ4v) is 2.87. The lowest BCUT2D eigenvalue weighted by Crippen LogP contribution is -2.10. The van der Waals surface area contributed by atoms with E-state index in [2.05, 4.69) is 36.5 Å². The van der Waals surface area contributed by atoms with E-state index in [1.165, 1.54) is 11.8 Å². The fourth-order valence-electron chi connectivity index (χ4n) is 2.26. The second kappa shape index (κ2) is 7.45. The summed E-state index contributed by atoms with van der Waals surface area (Å²) in [6.07, 6.45) is 1.84. The van der Waals surface area contributed by atoms with Crippen molar-refractivity contribution in [2.45, 2.75) is 19.3 Å². The van der Waals surface area contributed by atoms with Crippen LogP contribution in [0.15, 0.2) is 54.6 Å². The number of hydrogen-bond acceptors (Lipinski definition) is 3. The van der Waals surface area contributed by atoms with Gasteiger partial charge in [-0.1, -0.05) is 49.4 Å². The van der Waals surface area contributed by atoms with Crippen LogP contribution in [-0.4, -0.2) is 27.0 Å². The van der Waals surface area contributed by atoms with E-state index in [-0.39, 0.29) is 5.75 Å². The van der Waals surface area contributed by atoms with Crippen LogP contribution in [0.2, 0.25) is 0 Å². The minimum absolute atomic E-state index is 0.199. The van der Waals surface area contributed by atoms with Crippen LogP contribution in [0.3, 0.4) is 0 Å². The molecule has 0 heterocycles. The average molecular weight is 317 g/mol. The van der Waals surface area contributed by atoms with Crippen molar-refractivity contribution in [1.82, 2.24) is 0 Å². The predicted molar refractivity (Wildman–Crippen MR) is 93.2 cm³/mol. The van der Waals surface area contributed by atoms with Crippen molar-refractivity contribution < 1.29 is 8.42 Å². The smallest absolute Gasteiger partial charge is 0.147 e. The molecular weight excluding hydrogens is 294 g/mol.